The first-order valence-electron chi connectivity index (χ1n) is 22.1. The van der Waals surface area contributed by atoms with E-state index in [9.17, 15) is 0 Å². The highest BCUT2D eigenvalue weighted by Gasteiger charge is 2.46. The van der Waals surface area contributed by atoms with Crippen molar-refractivity contribution in [2.24, 2.45) is 0 Å². The van der Waals surface area contributed by atoms with E-state index in [0.29, 0.717) is 0 Å². The third kappa shape index (κ3) is 5.74. The van der Waals surface area contributed by atoms with Gasteiger partial charge in [-0.25, -0.2) is 4.98 Å². The number of fused-ring (bicyclic) bond motifs is 9. The van der Waals surface area contributed by atoms with Crippen LogP contribution in [-0.4, -0.2) is 4.98 Å². The van der Waals surface area contributed by atoms with E-state index in [1.54, 1.807) is 0 Å². The van der Waals surface area contributed by atoms with Gasteiger partial charge in [0.1, 0.15) is 0 Å². The van der Waals surface area contributed by atoms with Crippen molar-refractivity contribution in [1.82, 2.24) is 4.98 Å². The lowest BCUT2D eigenvalue weighted by Crippen LogP contribution is -2.28. The van der Waals surface area contributed by atoms with Crippen molar-refractivity contribution in [1.29, 1.82) is 0 Å². The molecule has 12 rings (SSSR count). The number of hydrogen-bond donors (Lipinski definition) is 0. The molecule has 0 aliphatic heterocycles. The summed E-state index contributed by atoms with van der Waals surface area (Å²) in [5.74, 6) is 0. The van der Waals surface area contributed by atoms with Crippen LogP contribution in [0.5, 0.6) is 0 Å². The minimum Gasteiger partial charge on any atom is -0.247 e. The largest absolute Gasteiger partial charge is 0.247 e. The van der Waals surface area contributed by atoms with Crippen LogP contribution in [0.4, 0.5) is 0 Å². The third-order valence-corrected chi connectivity index (χ3v) is 13.5. The molecular weight excluding hydrogens is 759 g/mol. The standard InChI is InChI=1S/C62H43N/c1-2-47-55(41-20-7-3-8-21-41)40-59(63-61(47)42-22-9-4-10-23-42)44-35-36-51-49-28-15-16-29-50(49)54-32-19-31-48(60(54)56(51)38-44)43-34-37-53-52-30-17-18-33-57(52)62(58(53)39-43,45-24-11-5-12-25-45)46-26-13-6-14-27-46/h3-40H,2H2,1H3. The lowest BCUT2D eigenvalue weighted by Gasteiger charge is -2.34. The molecule has 1 aromatic heterocycles. The zero-order chi connectivity index (χ0) is 41.9. The highest BCUT2D eigenvalue weighted by molar-refractivity contribution is 6.29. The molecule has 0 N–H and O–H groups in total. The summed E-state index contributed by atoms with van der Waals surface area (Å²) >= 11 is 0. The predicted octanol–water partition coefficient (Wildman–Crippen LogP) is 16.1. The highest BCUT2D eigenvalue weighted by atomic mass is 14.7. The molecule has 63 heavy (non-hydrogen) atoms. The van der Waals surface area contributed by atoms with Gasteiger partial charge in [0.25, 0.3) is 0 Å². The van der Waals surface area contributed by atoms with Gasteiger partial charge in [-0.1, -0.05) is 219 Å². The first-order chi connectivity index (χ1) is 31.2. The van der Waals surface area contributed by atoms with Gasteiger partial charge in [0.05, 0.1) is 16.8 Å². The van der Waals surface area contributed by atoms with Gasteiger partial charge in [-0.05, 0) is 118 Å². The topological polar surface area (TPSA) is 12.9 Å². The maximum atomic E-state index is 5.53. The van der Waals surface area contributed by atoms with Crippen LogP contribution in [0, 0.1) is 0 Å². The van der Waals surface area contributed by atoms with E-state index in [0.717, 1.165) is 28.9 Å². The second-order valence-corrected chi connectivity index (χ2v) is 16.8. The van der Waals surface area contributed by atoms with Crippen LogP contribution in [0.1, 0.15) is 34.7 Å². The highest BCUT2D eigenvalue weighted by Crippen LogP contribution is 2.57. The summed E-state index contributed by atoms with van der Waals surface area (Å²) < 4.78 is 0. The molecule has 0 saturated carbocycles. The first-order valence-corrected chi connectivity index (χ1v) is 22.1. The fraction of sp³-hybridized carbons (Fsp3) is 0.0484. The van der Waals surface area contributed by atoms with Crippen LogP contribution >= 0.6 is 0 Å². The van der Waals surface area contributed by atoms with Crippen molar-refractivity contribution >= 4 is 32.3 Å². The van der Waals surface area contributed by atoms with E-state index in [-0.39, 0.29) is 0 Å². The molecule has 1 heterocycles. The maximum absolute atomic E-state index is 5.53. The number of nitrogens with zero attached hydrogens (tertiary/aromatic N) is 1. The Labute approximate surface area is 368 Å². The normalized spacial score (nSPS) is 12.7. The molecular formula is C62H43N. The van der Waals surface area contributed by atoms with Gasteiger partial charge in [0, 0.05) is 11.1 Å². The Morgan fingerprint density at radius 2 is 0.889 bits per heavy atom. The Kier molecular flexibility index (Phi) is 8.76. The lowest BCUT2D eigenvalue weighted by atomic mass is 9.67. The zero-order valence-electron chi connectivity index (χ0n) is 35.1. The molecule has 0 saturated heterocycles. The van der Waals surface area contributed by atoms with E-state index in [2.05, 4.69) is 237 Å². The van der Waals surface area contributed by atoms with Crippen LogP contribution in [0.15, 0.2) is 231 Å². The van der Waals surface area contributed by atoms with Gasteiger partial charge in [0.2, 0.25) is 0 Å². The Hall–Kier alpha value is -7.87. The van der Waals surface area contributed by atoms with Crippen LogP contribution in [0.2, 0.25) is 0 Å². The van der Waals surface area contributed by atoms with Gasteiger partial charge in [-0.2, -0.15) is 0 Å². The van der Waals surface area contributed by atoms with Gasteiger partial charge < -0.3 is 0 Å². The number of aromatic nitrogens is 1. The molecule has 0 spiro atoms. The summed E-state index contributed by atoms with van der Waals surface area (Å²) in [6, 6.07) is 85.0. The Morgan fingerprint density at radius 1 is 0.349 bits per heavy atom. The van der Waals surface area contributed by atoms with Crippen LogP contribution in [-0.2, 0) is 11.8 Å². The van der Waals surface area contributed by atoms with E-state index in [1.165, 1.54) is 93.5 Å². The summed E-state index contributed by atoms with van der Waals surface area (Å²) in [4.78, 5) is 5.53. The fourth-order valence-electron chi connectivity index (χ4n) is 10.8. The lowest BCUT2D eigenvalue weighted by molar-refractivity contribution is 0.769. The molecule has 1 aliphatic carbocycles. The Balaban J connectivity index is 1.14. The average Bonchev–Trinajstić information content (AvgIpc) is 3.67. The summed E-state index contributed by atoms with van der Waals surface area (Å²) in [5, 5.41) is 7.48. The van der Waals surface area contributed by atoms with E-state index >= 15 is 0 Å². The number of benzene rings is 10. The molecule has 0 bridgehead atoms. The second kappa shape index (κ2) is 14.9. The SMILES string of the molecule is CCc1c(-c2ccccc2)cc(-c2ccc3c4ccccc4c4cccc(-c5ccc6c(c5)C(c5ccccc5)(c5ccccc5)c5ccccc5-6)c4c3c2)nc1-c1ccccc1. The summed E-state index contributed by atoms with van der Waals surface area (Å²) in [6.45, 7) is 2.24. The Morgan fingerprint density at radius 3 is 1.59 bits per heavy atom. The number of rotatable bonds is 7. The molecule has 0 unspecified atom stereocenters. The van der Waals surface area contributed by atoms with Crippen molar-refractivity contribution in [3.63, 3.8) is 0 Å². The van der Waals surface area contributed by atoms with Gasteiger partial charge in [-0.3, -0.25) is 0 Å². The first kappa shape index (κ1) is 36.9. The minimum atomic E-state index is -0.486. The van der Waals surface area contributed by atoms with E-state index in [4.69, 9.17) is 4.98 Å². The molecule has 1 heteroatoms. The smallest absolute Gasteiger partial charge is 0.0747 e. The molecule has 1 nitrogen and oxygen atoms in total. The summed E-state index contributed by atoms with van der Waals surface area (Å²) in [7, 11) is 0. The molecule has 0 fully saturated rings. The summed E-state index contributed by atoms with van der Waals surface area (Å²) in [5.41, 5.74) is 17.6. The molecule has 0 amide bonds. The average molecular weight is 802 g/mol. The van der Waals surface area contributed by atoms with Crippen LogP contribution in [0.3, 0.4) is 0 Å². The molecule has 0 radical (unpaired) electrons. The van der Waals surface area contributed by atoms with Crippen molar-refractivity contribution in [3.8, 4) is 55.9 Å². The molecule has 1 aliphatic rings. The zero-order valence-corrected chi connectivity index (χ0v) is 35.1. The Bertz CT molecular complexity index is 3420. The van der Waals surface area contributed by atoms with Gasteiger partial charge in [0.15, 0.2) is 0 Å². The number of hydrogen-bond acceptors (Lipinski definition) is 1. The molecule has 10 aromatic carbocycles. The van der Waals surface area contributed by atoms with Crippen molar-refractivity contribution in [2.75, 3.05) is 0 Å². The molecule has 11 aromatic rings. The minimum absolute atomic E-state index is 0.486. The molecule has 296 valence electrons. The quantitative estimate of drug-likeness (QED) is 0.146. The fourth-order valence-corrected chi connectivity index (χ4v) is 10.8. The van der Waals surface area contributed by atoms with E-state index in [1.807, 2.05) is 0 Å². The van der Waals surface area contributed by atoms with Crippen molar-refractivity contribution < 1.29 is 0 Å². The van der Waals surface area contributed by atoms with E-state index < -0.39 is 5.41 Å². The van der Waals surface area contributed by atoms with Crippen molar-refractivity contribution in [3.05, 3.63) is 258 Å². The van der Waals surface area contributed by atoms with Crippen LogP contribution in [0.25, 0.3) is 88.2 Å². The number of pyridine rings is 1. The third-order valence-electron chi connectivity index (χ3n) is 13.5. The van der Waals surface area contributed by atoms with Crippen LogP contribution < -0.4 is 0 Å². The van der Waals surface area contributed by atoms with Gasteiger partial charge in [-0.15, -0.1) is 0 Å². The molecule has 0 atom stereocenters. The maximum Gasteiger partial charge on any atom is 0.0747 e. The second-order valence-electron chi connectivity index (χ2n) is 16.8. The monoisotopic (exact) mass is 801 g/mol. The van der Waals surface area contributed by atoms with Crippen molar-refractivity contribution in [2.45, 2.75) is 18.8 Å². The van der Waals surface area contributed by atoms with Gasteiger partial charge >= 0.3 is 0 Å². The predicted molar refractivity (Wildman–Crippen MR) is 265 cm³/mol. The summed E-state index contributed by atoms with van der Waals surface area (Å²) in [6.07, 6.45) is 0.876.